The fraction of sp³-hybridized carbons (Fsp3) is 0.875. The van der Waals surface area contributed by atoms with Crippen molar-refractivity contribution in [3.63, 3.8) is 0 Å². The van der Waals surface area contributed by atoms with Crippen LogP contribution >= 0.6 is 0 Å². The molecule has 1 aliphatic heterocycles. The van der Waals surface area contributed by atoms with Crippen molar-refractivity contribution in [3.05, 3.63) is 0 Å². The summed E-state index contributed by atoms with van der Waals surface area (Å²) < 4.78 is 10.0. The van der Waals surface area contributed by atoms with E-state index in [4.69, 9.17) is 9.47 Å². The quantitative estimate of drug-likeness (QED) is 0.612. The molecule has 0 saturated carbocycles. The fourth-order valence-electron chi connectivity index (χ4n) is 2.73. The molecular weight excluding hydrogens is 270 g/mol. The van der Waals surface area contributed by atoms with Crippen LogP contribution < -0.4 is 0 Å². The zero-order valence-corrected chi connectivity index (χ0v) is 13.4. The first kappa shape index (κ1) is 18.0. The molecule has 0 aliphatic carbocycles. The molecule has 0 aromatic rings. The second-order valence-corrected chi connectivity index (χ2v) is 5.50. The first-order valence-electron chi connectivity index (χ1n) is 8.22. The van der Waals surface area contributed by atoms with Gasteiger partial charge < -0.3 is 14.4 Å². The van der Waals surface area contributed by atoms with Gasteiger partial charge in [-0.3, -0.25) is 9.59 Å². The summed E-state index contributed by atoms with van der Waals surface area (Å²) in [4.78, 5) is 25.9. The summed E-state index contributed by atoms with van der Waals surface area (Å²) in [5.74, 6) is -0.952. The maximum atomic E-state index is 11.9. The van der Waals surface area contributed by atoms with E-state index in [1.807, 2.05) is 0 Å². The van der Waals surface area contributed by atoms with E-state index in [-0.39, 0.29) is 24.3 Å². The molecule has 21 heavy (non-hydrogen) atoms. The normalized spacial score (nSPS) is 17.2. The number of hydrogen-bond acceptors (Lipinski definition) is 5. The van der Waals surface area contributed by atoms with Crippen molar-refractivity contribution in [3.8, 4) is 0 Å². The summed E-state index contributed by atoms with van der Waals surface area (Å²) in [5, 5.41) is 0. The number of ether oxygens (including phenoxy) is 2. The molecule has 5 nitrogen and oxygen atoms in total. The third-order valence-electron chi connectivity index (χ3n) is 3.81. The maximum absolute atomic E-state index is 11.9. The molecule has 122 valence electrons. The zero-order valence-electron chi connectivity index (χ0n) is 13.4. The summed E-state index contributed by atoms with van der Waals surface area (Å²) in [5.41, 5.74) is 0. The van der Waals surface area contributed by atoms with E-state index in [0.29, 0.717) is 19.6 Å². The van der Waals surface area contributed by atoms with E-state index in [2.05, 4.69) is 4.90 Å². The van der Waals surface area contributed by atoms with Crippen molar-refractivity contribution in [2.45, 2.75) is 52.4 Å². The molecule has 1 heterocycles. The van der Waals surface area contributed by atoms with Crippen molar-refractivity contribution in [2.75, 3.05) is 32.8 Å². The van der Waals surface area contributed by atoms with Crippen LogP contribution in [0.5, 0.6) is 0 Å². The Balaban J connectivity index is 2.36. The summed E-state index contributed by atoms with van der Waals surface area (Å²) in [7, 11) is 0. The second kappa shape index (κ2) is 10.6. The molecular formula is C16H29NO4. The highest BCUT2D eigenvalue weighted by Gasteiger charge is 2.24. The monoisotopic (exact) mass is 299 g/mol. The van der Waals surface area contributed by atoms with Gasteiger partial charge >= 0.3 is 11.9 Å². The van der Waals surface area contributed by atoms with Crippen LogP contribution in [0, 0.1) is 5.92 Å². The van der Waals surface area contributed by atoms with Crippen molar-refractivity contribution in [1.29, 1.82) is 0 Å². The first-order chi connectivity index (χ1) is 10.2. The lowest BCUT2D eigenvalue weighted by molar-refractivity contribution is -0.155. The highest BCUT2D eigenvalue weighted by Crippen LogP contribution is 2.16. The third-order valence-corrected chi connectivity index (χ3v) is 3.81. The van der Waals surface area contributed by atoms with Crippen LogP contribution in [0.4, 0.5) is 0 Å². The lowest BCUT2D eigenvalue weighted by Gasteiger charge is -2.26. The summed E-state index contributed by atoms with van der Waals surface area (Å²) in [6, 6.07) is 0. The molecule has 0 bridgehead atoms. The Morgan fingerprint density at radius 3 is 2.33 bits per heavy atom. The minimum Gasteiger partial charge on any atom is -0.466 e. The molecule has 1 saturated heterocycles. The van der Waals surface area contributed by atoms with Crippen LogP contribution in [-0.2, 0) is 19.1 Å². The maximum Gasteiger partial charge on any atom is 0.309 e. The number of nitrogens with zero attached hydrogens (tertiary/aromatic N) is 1. The average Bonchev–Trinajstić information content (AvgIpc) is 2.48. The van der Waals surface area contributed by atoms with Gasteiger partial charge in [-0.25, -0.2) is 0 Å². The smallest absolute Gasteiger partial charge is 0.309 e. The Morgan fingerprint density at radius 1 is 1.05 bits per heavy atom. The van der Waals surface area contributed by atoms with E-state index in [9.17, 15) is 9.59 Å². The van der Waals surface area contributed by atoms with Crippen molar-refractivity contribution in [1.82, 2.24) is 4.90 Å². The number of carbonyl (C=O) groups excluding carboxylic acids is 2. The average molecular weight is 299 g/mol. The molecule has 1 atom stereocenters. The molecule has 0 aromatic heterocycles. The Morgan fingerprint density at radius 2 is 1.71 bits per heavy atom. The molecule has 1 unspecified atom stereocenters. The molecule has 0 spiro atoms. The van der Waals surface area contributed by atoms with Gasteiger partial charge in [-0.1, -0.05) is 6.42 Å². The van der Waals surface area contributed by atoms with Gasteiger partial charge in [-0.2, -0.15) is 0 Å². The molecule has 1 fully saturated rings. The minimum absolute atomic E-state index is 0.132. The Bertz CT molecular complexity index is 313. The lowest BCUT2D eigenvalue weighted by atomic mass is 9.99. The van der Waals surface area contributed by atoms with Crippen LogP contribution in [0.25, 0.3) is 0 Å². The van der Waals surface area contributed by atoms with Gasteiger partial charge in [-0.05, 0) is 59.2 Å². The highest BCUT2D eigenvalue weighted by atomic mass is 16.5. The number of esters is 2. The minimum atomic E-state index is -0.367. The number of hydrogen-bond donors (Lipinski definition) is 0. The highest BCUT2D eigenvalue weighted by molar-refractivity contribution is 5.79. The molecule has 1 aliphatic rings. The van der Waals surface area contributed by atoms with Gasteiger partial charge in [-0.15, -0.1) is 0 Å². The molecule has 0 aromatic carbocycles. The number of likely N-dealkylation sites (tertiary alicyclic amines) is 1. The van der Waals surface area contributed by atoms with Gasteiger partial charge in [0, 0.05) is 0 Å². The predicted octanol–water partition coefficient (Wildman–Crippen LogP) is 2.39. The standard InChI is InChI=1S/C16H29NO4/c1-3-20-15(18)13-14(16(19)21-4-2)9-8-12-17-10-6-5-7-11-17/h14H,3-13H2,1-2H3. The van der Waals surface area contributed by atoms with E-state index >= 15 is 0 Å². The number of piperidine rings is 1. The van der Waals surface area contributed by atoms with Crippen molar-refractivity contribution >= 4 is 11.9 Å². The van der Waals surface area contributed by atoms with Gasteiger partial charge in [0.15, 0.2) is 0 Å². The number of rotatable bonds is 9. The van der Waals surface area contributed by atoms with Crippen LogP contribution in [-0.4, -0.2) is 49.7 Å². The Kier molecular flexibility index (Phi) is 9.06. The molecule has 0 N–H and O–H groups in total. The number of carbonyl (C=O) groups is 2. The zero-order chi connectivity index (χ0) is 15.5. The topological polar surface area (TPSA) is 55.8 Å². The van der Waals surface area contributed by atoms with Crippen LogP contribution in [0.3, 0.4) is 0 Å². The summed E-state index contributed by atoms with van der Waals surface area (Å²) in [6.45, 7) is 7.57. The molecule has 0 radical (unpaired) electrons. The van der Waals surface area contributed by atoms with Gasteiger partial charge in [0.1, 0.15) is 0 Å². The van der Waals surface area contributed by atoms with Gasteiger partial charge in [0.05, 0.1) is 25.6 Å². The fourth-order valence-corrected chi connectivity index (χ4v) is 2.73. The van der Waals surface area contributed by atoms with E-state index in [0.717, 1.165) is 26.1 Å². The second-order valence-electron chi connectivity index (χ2n) is 5.50. The summed E-state index contributed by atoms with van der Waals surface area (Å²) >= 11 is 0. The van der Waals surface area contributed by atoms with Crippen molar-refractivity contribution in [2.24, 2.45) is 5.92 Å². The van der Waals surface area contributed by atoms with Crippen LogP contribution in [0.1, 0.15) is 52.4 Å². The molecule has 5 heteroatoms. The van der Waals surface area contributed by atoms with Crippen LogP contribution in [0.2, 0.25) is 0 Å². The van der Waals surface area contributed by atoms with E-state index in [1.54, 1.807) is 13.8 Å². The van der Waals surface area contributed by atoms with E-state index in [1.165, 1.54) is 19.3 Å². The molecule has 1 rings (SSSR count). The Labute approximate surface area is 128 Å². The van der Waals surface area contributed by atoms with E-state index < -0.39 is 0 Å². The summed E-state index contributed by atoms with van der Waals surface area (Å²) in [6.07, 6.45) is 5.60. The largest absolute Gasteiger partial charge is 0.466 e. The predicted molar refractivity (Wildman–Crippen MR) is 80.9 cm³/mol. The SMILES string of the molecule is CCOC(=O)CC(CCCN1CCCCC1)C(=O)OCC. The van der Waals surface area contributed by atoms with Gasteiger partial charge in [0.25, 0.3) is 0 Å². The van der Waals surface area contributed by atoms with Crippen LogP contribution in [0.15, 0.2) is 0 Å². The third kappa shape index (κ3) is 7.46. The Hall–Kier alpha value is -1.10. The lowest BCUT2D eigenvalue weighted by Crippen LogP contribution is -2.31. The van der Waals surface area contributed by atoms with Gasteiger partial charge in [0.2, 0.25) is 0 Å². The molecule has 0 amide bonds. The first-order valence-corrected chi connectivity index (χ1v) is 8.22. The van der Waals surface area contributed by atoms with Crippen molar-refractivity contribution < 1.29 is 19.1 Å².